The van der Waals surface area contributed by atoms with Crippen molar-refractivity contribution in [1.82, 2.24) is 19.7 Å². The number of imide groups is 1. The zero-order valence-electron chi connectivity index (χ0n) is 20.6. The van der Waals surface area contributed by atoms with Gasteiger partial charge in [-0.3, -0.25) is 14.6 Å². The van der Waals surface area contributed by atoms with Gasteiger partial charge in [0.2, 0.25) is 0 Å². The fourth-order valence-corrected chi connectivity index (χ4v) is 6.61. The van der Waals surface area contributed by atoms with Crippen molar-refractivity contribution in [2.24, 2.45) is 5.92 Å². The average molecular weight is 551 g/mol. The molecule has 3 aliphatic heterocycles. The van der Waals surface area contributed by atoms with Gasteiger partial charge in [0.25, 0.3) is 5.91 Å². The predicted molar refractivity (Wildman–Crippen MR) is 142 cm³/mol. The highest BCUT2D eigenvalue weighted by molar-refractivity contribution is 9.10. The number of likely N-dealkylation sites (tertiary alicyclic amines) is 1. The van der Waals surface area contributed by atoms with E-state index in [0.29, 0.717) is 19.5 Å². The molecule has 36 heavy (non-hydrogen) atoms. The number of carbonyl (C=O) groups excluding carboxylic acids is 2. The van der Waals surface area contributed by atoms with E-state index in [1.165, 1.54) is 4.90 Å². The number of hydrogen-bond acceptors (Lipinski definition) is 4. The Labute approximate surface area is 219 Å². The molecular weight excluding hydrogens is 520 g/mol. The van der Waals surface area contributed by atoms with Crippen LogP contribution in [-0.2, 0) is 11.2 Å². The molecule has 4 heterocycles. The largest absolute Gasteiger partial charge is 0.508 e. The number of aromatic nitrogens is 1. The predicted octanol–water partition coefficient (Wildman–Crippen LogP) is 5.04. The summed E-state index contributed by atoms with van der Waals surface area (Å²) in [5, 5.41) is 11.3. The molecule has 2 N–H and O–H groups in total. The molecule has 2 aromatic carbocycles. The number of phenols is 1. The zero-order valence-corrected chi connectivity index (χ0v) is 22.2. The number of rotatable bonds is 4. The number of urea groups is 1. The van der Waals surface area contributed by atoms with Gasteiger partial charge >= 0.3 is 6.03 Å². The van der Waals surface area contributed by atoms with Crippen molar-refractivity contribution < 1.29 is 14.7 Å². The minimum absolute atomic E-state index is 0.134. The van der Waals surface area contributed by atoms with Crippen molar-refractivity contribution >= 4 is 38.8 Å². The zero-order chi connectivity index (χ0) is 25.2. The maximum absolute atomic E-state index is 14.0. The Bertz CT molecular complexity index is 1360. The molecule has 0 aliphatic carbocycles. The summed E-state index contributed by atoms with van der Waals surface area (Å²) >= 11 is 3.59. The summed E-state index contributed by atoms with van der Waals surface area (Å²) in [6.45, 7) is 7.29. The maximum Gasteiger partial charge on any atom is 0.328 e. The second kappa shape index (κ2) is 8.63. The lowest BCUT2D eigenvalue weighted by Gasteiger charge is -2.42. The average Bonchev–Trinajstić information content (AvgIpc) is 3.29. The van der Waals surface area contributed by atoms with Crippen molar-refractivity contribution in [1.29, 1.82) is 0 Å². The minimum Gasteiger partial charge on any atom is -0.508 e. The smallest absolute Gasteiger partial charge is 0.328 e. The van der Waals surface area contributed by atoms with Crippen LogP contribution in [0, 0.1) is 5.92 Å². The normalized spacial score (nSPS) is 25.0. The number of nitrogens with one attached hydrogen (secondary N) is 1. The van der Waals surface area contributed by atoms with Crippen molar-refractivity contribution in [2.45, 2.75) is 44.7 Å². The Morgan fingerprint density at radius 3 is 2.64 bits per heavy atom. The third-order valence-corrected chi connectivity index (χ3v) is 8.82. The SMILES string of the molecule is CC1CCN(CCN2C(=O)N3C(c4cccc(O)c4)c4[nH]c5ccc(Br)cc5c4CC3(C)C2=O)CC1. The summed E-state index contributed by atoms with van der Waals surface area (Å²) in [6.07, 6.45) is 2.75. The van der Waals surface area contributed by atoms with Crippen molar-refractivity contribution in [3.63, 3.8) is 0 Å². The molecule has 0 radical (unpaired) electrons. The van der Waals surface area contributed by atoms with Gasteiger partial charge in [-0.2, -0.15) is 0 Å². The first-order valence-electron chi connectivity index (χ1n) is 12.7. The summed E-state index contributed by atoms with van der Waals surface area (Å²) in [4.78, 5) is 37.0. The van der Waals surface area contributed by atoms with Crippen molar-refractivity contribution in [2.75, 3.05) is 26.2 Å². The number of carbonyl (C=O) groups is 2. The highest BCUT2D eigenvalue weighted by Gasteiger charge is 2.60. The van der Waals surface area contributed by atoms with E-state index < -0.39 is 11.6 Å². The van der Waals surface area contributed by atoms with Crippen LogP contribution < -0.4 is 0 Å². The Morgan fingerprint density at radius 2 is 1.89 bits per heavy atom. The number of benzene rings is 2. The van der Waals surface area contributed by atoms with Crippen LogP contribution in [0.25, 0.3) is 10.9 Å². The number of aromatic hydroxyl groups is 1. The molecule has 0 bridgehead atoms. The van der Waals surface area contributed by atoms with E-state index in [0.717, 1.165) is 64.0 Å². The first-order valence-corrected chi connectivity index (χ1v) is 13.5. The van der Waals surface area contributed by atoms with E-state index in [2.05, 4.69) is 38.8 Å². The van der Waals surface area contributed by atoms with Crippen LogP contribution in [0.5, 0.6) is 5.75 Å². The number of hydrogen-bond donors (Lipinski definition) is 2. The van der Waals surface area contributed by atoms with Crippen LogP contribution >= 0.6 is 15.9 Å². The standard InChI is InChI=1S/C28H31BrN4O3/c1-17-8-10-31(11-9-17)12-13-32-26(35)28(2)16-22-21-15-19(29)6-7-23(21)30-24(22)25(33(28)27(32)36)18-4-3-5-20(34)14-18/h3-7,14-15,17,25,30,34H,8-13,16H2,1-2H3. The third-order valence-electron chi connectivity index (χ3n) is 8.33. The molecule has 0 saturated carbocycles. The number of H-pyrrole nitrogens is 1. The van der Waals surface area contributed by atoms with E-state index in [4.69, 9.17) is 0 Å². The van der Waals surface area contributed by atoms with Gasteiger partial charge in [-0.15, -0.1) is 0 Å². The summed E-state index contributed by atoms with van der Waals surface area (Å²) in [6, 6.07) is 12.3. The lowest BCUT2D eigenvalue weighted by Crippen LogP contribution is -2.53. The number of halogens is 1. The van der Waals surface area contributed by atoms with Gasteiger partial charge < -0.3 is 15.0 Å². The van der Waals surface area contributed by atoms with E-state index in [1.807, 2.05) is 25.1 Å². The van der Waals surface area contributed by atoms with Crippen LogP contribution in [0.1, 0.15) is 49.6 Å². The van der Waals surface area contributed by atoms with Gasteiger partial charge in [-0.25, -0.2) is 4.79 Å². The van der Waals surface area contributed by atoms with Crippen molar-refractivity contribution in [3.8, 4) is 5.75 Å². The van der Waals surface area contributed by atoms with E-state index in [-0.39, 0.29) is 17.7 Å². The number of piperidine rings is 1. The van der Waals surface area contributed by atoms with E-state index >= 15 is 0 Å². The molecule has 8 heteroatoms. The molecule has 188 valence electrons. The van der Waals surface area contributed by atoms with Crippen LogP contribution in [0.3, 0.4) is 0 Å². The molecule has 3 aliphatic rings. The van der Waals surface area contributed by atoms with E-state index in [1.54, 1.807) is 23.1 Å². The fraction of sp³-hybridized carbons (Fsp3) is 0.429. The lowest BCUT2D eigenvalue weighted by atomic mass is 9.81. The molecule has 2 fully saturated rings. The molecule has 3 aromatic rings. The van der Waals surface area contributed by atoms with Crippen LogP contribution in [-0.4, -0.2) is 68.4 Å². The molecule has 0 spiro atoms. The first kappa shape index (κ1) is 23.6. The van der Waals surface area contributed by atoms with E-state index in [9.17, 15) is 14.7 Å². The first-order chi connectivity index (χ1) is 17.3. The highest BCUT2D eigenvalue weighted by atomic mass is 79.9. The van der Waals surface area contributed by atoms with Gasteiger partial charge in [-0.05, 0) is 80.2 Å². The second-order valence-electron chi connectivity index (χ2n) is 10.8. The molecule has 1 aromatic heterocycles. The fourth-order valence-electron chi connectivity index (χ4n) is 6.25. The maximum atomic E-state index is 14.0. The summed E-state index contributed by atoms with van der Waals surface area (Å²) in [7, 11) is 0. The monoisotopic (exact) mass is 550 g/mol. The van der Waals surface area contributed by atoms with Crippen molar-refractivity contribution in [3.05, 3.63) is 63.8 Å². The number of nitrogens with zero attached hydrogens (tertiary/aromatic N) is 3. The van der Waals surface area contributed by atoms with Crippen LogP contribution in [0.15, 0.2) is 46.9 Å². The van der Waals surface area contributed by atoms with Gasteiger partial charge in [0.1, 0.15) is 17.3 Å². The quantitative estimate of drug-likeness (QED) is 0.446. The topological polar surface area (TPSA) is 79.9 Å². The van der Waals surface area contributed by atoms with Crippen LogP contribution in [0.4, 0.5) is 4.79 Å². The Balaban J connectivity index is 1.41. The molecule has 6 rings (SSSR count). The molecular formula is C28H31BrN4O3. The number of phenolic OH excluding ortho intramolecular Hbond substituents is 1. The summed E-state index contributed by atoms with van der Waals surface area (Å²) in [5.74, 6) is 0.725. The summed E-state index contributed by atoms with van der Waals surface area (Å²) < 4.78 is 0.963. The summed E-state index contributed by atoms with van der Waals surface area (Å²) in [5.41, 5.74) is 2.69. The number of aromatic amines is 1. The minimum atomic E-state index is -1.01. The number of fused-ring (bicyclic) bond motifs is 4. The molecule has 2 unspecified atom stereocenters. The third kappa shape index (κ3) is 3.65. The van der Waals surface area contributed by atoms with Gasteiger partial charge in [0.15, 0.2) is 0 Å². The lowest BCUT2D eigenvalue weighted by molar-refractivity contribution is -0.133. The molecule has 2 saturated heterocycles. The highest BCUT2D eigenvalue weighted by Crippen LogP contribution is 2.49. The molecule has 2 atom stereocenters. The Kier molecular flexibility index (Phi) is 5.64. The Hall–Kier alpha value is -2.84. The molecule has 7 nitrogen and oxygen atoms in total. The van der Waals surface area contributed by atoms with Gasteiger partial charge in [0, 0.05) is 40.6 Å². The van der Waals surface area contributed by atoms with Gasteiger partial charge in [-0.1, -0.05) is 35.0 Å². The van der Waals surface area contributed by atoms with Crippen LogP contribution in [0.2, 0.25) is 0 Å². The molecule has 3 amide bonds. The van der Waals surface area contributed by atoms with Gasteiger partial charge in [0.05, 0.1) is 0 Å². The number of amides is 3. The second-order valence-corrected chi connectivity index (χ2v) is 11.7. The Morgan fingerprint density at radius 1 is 1.11 bits per heavy atom.